The number of guanidine groups is 1. The predicted octanol–water partition coefficient (Wildman–Crippen LogP) is 2.97. The molecule has 0 aliphatic rings. The Morgan fingerprint density at radius 1 is 1.15 bits per heavy atom. The Hall–Kier alpha value is -1.03. The zero-order chi connectivity index (χ0) is 18.9. The van der Waals surface area contributed by atoms with E-state index in [0.29, 0.717) is 25.6 Å². The molecule has 150 valence electrons. The van der Waals surface area contributed by atoms with Gasteiger partial charge in [-0.3, -0.25) is 0 Å². The summed E-state index contributed by atoms with van der Waals surface area (Å²) in [4.78, 5) is 4.54. The molecule has 0 radical (unpaired) electrons. The summed E-state index contributed by atoms with van der Waals surface area (Å²) in [5.41, 5.74) is 0.702. The van der Waals surface area contributed by atoms with Gasteiger partial charge in [-0.1, -0.05) is 25.1 Å². The Morgan fingerprint density at radius 2 is 1.81 bits per heavy atom. The van der Waals surface area contributed by atoms with Crippen molar-refractivity contribution in [1.82, 2.24) is 10.6 Å². The second kappa shape index (κ2) is 11.6. The van der Waals surface area contributed by atoms with E-state index in [1.54, 1.807) is 6.92 Å². The Morgan fingerprint density at radius 3 is 2.38 bits per heavy atom. The lowest BCUT2D eigenvalue weighted by molar-refractivity contribution is 0.129. The summed E-state index contributed by atoms with van der Waals surface area (Å²) in [6.07, 6.45) is 0. The summed E-state index contributed by atoms with van der Waals surface area (Å²) < 4.78 is 29.1. The highest BCUT2D eigenvalue weighted by Crippen LogP contribution is 2.23. The van der Waals surface area contributed by atoms with Crippen LogP contribution in [0, 0.1) is 0 Å². The van der Waals surface area contributed by atoms with Gasteiger partial charge >= 0.3 is 0 Å². The van der Waals surface area contributed by atoms with Gasteiger partial charge in [0.2, 0.25) is 0 Å². The van der Waals surface area contributed by atoms with E-state index in [-0.39, 0.29) is 41.1 Å². The van der Waals surface area contributed by atoms with Gasteiger partial charge in [-0.15, -0.1) is 24.0 Å². The van der Waals surface area contributed by atoms with E-state index in [0.717, 1.165) is 11.3 Å². The Kier molecular flexibility index (Phi) is 11.2. The number of para-hydroxylation sites is 1. The largest absolute Gasteiger partial charge is 0.488 e. The fourth-order valence-electron chi connectivity index (χ4n) is 2.04. The van der Waals surface area contributed by atoms with E-state index in [9.17, 15) is 8.42 Å². The minimum Gasteiger partial charge on any atom is -0.488 e. The predicted molar refractivity (Wildman–Crippen MR) is 119 cm³/mol. The normalized spacial score (nSPS) is 12.3. The van der Waals surface area contributed by atoms with E-state index in [1.807, 2.05) is 52.0 Å². The molecule has 0 aromatic heterocycles. The van der Waals surface area contributed by atoms with Crippen LogP contribution >= 0.6 is 24.0 Å². The van der Waals surface area contributed by atoms with E-state index < -0.39 is 9.84 Å². The van der Waals surface area contributed by atoms with Gasteiger partial charge in [0.05, 0.1) is 12.3 Å². The molecule has 1 aromatic rings. The van der Waals surface area contributed by atoms with Gasteiger partial charge in [-0.25, -0.2) is 13.4 Å². The fraction of sp³-hybridized carbons (Fsp3) is 0.611. The lowest BCUT2D eigenvalue weighted by Crippen LogP contribution is -2.39. The third kappa shape index (κ3) is 10.2. The van der Waals surface area contributed by atoms with Crippen molar-refractivity contribution in [2.24, 2.45) is 4.99 Å². The lowest BCUT2D eigenvalue weighted by atomic mass is 10.1. The maximum absolute atomic E-state index is 11.6. The summed E-state index contributed by atoms with van der Waals surface area (Å²) in [5, 5.41) is 6.20. The van der Waals surface area contributed by atoms with Gasteiger partial charge in [-0.2, -0.15) is 0 Å². The van der Waals surface area contributed by atoms with Gasteiger partial charge in [0.25, 0.3) is 0 Å². The van der Waals surface area contributed by atoms with E-state index >= 15 is 0 Å². The SMILES string of the molecule is CCNC(=NCc1ccccc1OC(C)(C)C)NCCS(=O)(=O)CC.I. The van der Waals surface area contributed by atoms with Crippen LogP contribution in [0.15, 0.2) is 29.3 Å². The van der Waals surface area contributed by atoms with Crippen LogP contribution < -0.4 is 15.4 Å². The van der Waals surface area contributed by atoms with Gasteiger partial charge < -0.3 is 15.4 Å². The number of nitrogens with one attached hydrogen (secondary N) is 2. The number of hydrogen-bond acceptors (Lipinski definition) is 4. The van der Waals surface area contributed by atoms with Crippen LogP contribution in [0.1, 0.15) is 40.2 Å². The van der Waals surface area contributed by atoms with Crippen LogP contribution in [-0.2, 0) is 16.4 Å². The van der Waals surface area contributed by atoms with Crippen molar-refractivity contribution < 1.29 is 13.2 Å². The van der Waals surface area contributed by atoms with Crippen LogP contribution in [-0.4, -0.2) is 44.6 Å². The molecule has 26 heavy (non-hydrogen) atoms. The molecular weight excluding hydrogens is 465 g/mol. The molecule has 6 nitrogen and oxygen atoms in total. The molecule has 0 saturated carbocycles. The first-order chi connectivity index (χ1) is 11.7. The summed E-state index contributed by atoms with van der Waals surface area (Å²) >= 11 is 0. The van der Waals surface area contributed by atoms with Crippen LogP contribution in [0.3, 0.4) is 0 Å². The second-order valence-electron chi connectivity index (χ2n) is 6.68. The third-order valence-electron chi connectivity index (χ3n) is 3.29. The second-order valence-corrected chi connectivity index (χ2v) is 9.15. The molecule has 2 N–H and O–H groups in total. The first-order valence-electron chi connectivity index (χ1n) is 8.66. The van der Waals surface area contributed by atoms with Crippen LogP contribution in [0.2, 0.25) is 0 Å². The molecule has 0 fully saturated rings. The monoisotopic (exact) mass is 497 g/mol. The molecule has 0 heterocycles. The minimum absolute atomic E-state index is 0. The van der Waals surface area contributed by atoms with E-state index in [1.165, 1.54) is 0 Å². The lowest BCUT2D eigenvalue weighted by Gasteiger charge is -2.23. The van der Waals surface area contributed by atoms with Crippen molar-refractivity contribution in [2.45, 2.75) is 46.8 Å². The van der Waals surface area contributed by atoms with Crippen molar-refractivity contribution in [3.05, 3.63) is 29.8 Å². The van der Waals surface area contributed by atoms with Crippen molar-refractivity contribution in [3.8, 4) is 5.75 Å². The third-order valence-corrected chi connectivity index (χ3v) is 4.99. The fourth-order valence-corrected chi connectivity index (χ4v) is 2.74. The molecule has 0 spiro atoms. The summed E-state index contributed by atoms with van der Waals surface area (Å²) in [7, 11) is -2.99. The number of hydrogen-bond donors (Lipinski definition) is 2. The standard InChI is InChI=1S/C18H31N3O3S.HI/c1-6-19-17(20-12-13-25(22,23)7-2)21-14-15-10-8-9-11-16(15)24-18(3,4)5;/h8-11H,6-7,12-14H2,1-5H3,(H2,19,20,21);1H. The van der Waals surface area contributed by atoms with Crippen LogP contribution in [0.4, 0.5) is 0 Å². The van der Waals surface area contributed by atoms with Crippen molar-refractivity contribution in [3.63, 3.8) is 0 Å². The maximum atomic E-state index is 11.6. The highest BCUT2D eigenvalue weighted by molar-refractivity contribution is 14.0. The highest BCUT2D eigenvalue weighted by atomic mass is 127. The number of rotatable bonds is 8. The van der Waals surface area contributed by atoms with Crippen molar-refractivity contribution >= 4 is 39.8 Å². The number of ether oxygens (including phenoxy) is 1. The molecule has 1 rings (SSSR count). The molecule has 0 aliphatic heterocycles. The van der Waals surface area contributed by atoms with Crippen molar-refractivity contribution in [1.29, 1.82) is 0 Å². The smallest absolute Gasteiger partial charge is 0.191 e. The minimum atomic E-state index is -2.99. The first kappa shape index (κ1) is 25.0. The summed E-state index contributed by atoms with van der Waals surface area (Å²) in [6.45, 7) is 11.1. The average molecular weight is 497 g/mol. The number of nitrogens with zero attached hydrogens (tertiary/aromatic N) is 1. The number of sulfone groups is 1. The van der Waals surface area contributed by atoms with E-state index in [2.05, 4.69) is 15.6 Å². The Balaban J connectivity index is 0.00000625. The van der Waals surface area contributed by atoms with Gasteiger partial charge in [0, 0.05) is 24.4 Å². The molecule has 1 aromatic carbocycles. The van der Waals surface area contributed by atoms with Crippen LogP contribution in [0.5, 0.6) is 5.75 Å². The molecule has 0 bridgehead atoms. The molecule has 0 atom stereocenters. The molecular formula is C18H32IN3O3S. The molecule has 0 saturated heterocycles. The maximum Gasteiger partial charge on any atom is 0.191 e. The number of aliphatic imine (C=N–C) groups is 1. The summed E-state index contributed by atoms with van der Waals surface area (Å²) in [6, 6.07) is 7.81. The number of benzene rings is 1. The van der Waals surface area contributed by atoms with E-state index in [4.69, 9.17) is 4.74 Å². The van der Waals surface area contributed by atoms with Crippen molar-refractivity contribution in [2.75, 3.05) is 24.6 Å². The zero-order valence-corrected chi connectivity index (χ0v) is 19.5. The molecule has 0 aliphatic carbocycles. The molecule has 8 heteroatoms. The quantitative estimate of drug-likeness (QED) is 0.328. The first-order valence-corrected chi connectivity index (χ1v) is 10.5. The summed E-state index contributed by atoms with van der Waals surface area (Å²) in [5.74, 6) is 1.65. The average Bonchev–Trinajstić information content (AvgIpc) is 2.52. The topological polar surface area (TPSA) is 79.8 Å². The van der Waals surface area contributed by atoms with Gasteiger partial charge in [0.15, 0.2) is 15.8 Å². The Bertz CT molecular complexity index is 671. The number of halogens is 1. The molecule has 0 amide bonds. The zero-order valence-electron chi connectivity index (χ0n) is 16.3. The van der Waals surface area contributed by atoms with Crippen LogP contribution in [0.25, 0.3) is 0 Å². The van der Waals surface area contributed by atoms with Gasteiger partial charge in [0.1, 0.15) is 11.4 Å². The molecule has 0 unspecified atom stereocenters. The Labute approximate surface area is 175 Å². The van der Waals surface area contributed by atoms with Gasteiger partial charge in [-0.05, 0) is 33.8 Å². The highest BCUT2D eigenvalue weighted by Gasteiger charge is 2.14.